The second-order valence-corrected chi connectivity index (χ2v) is 5.52. The molecule has 1 fully saturated rings. The second kappa shape index (κ2) is 6.73. The molecule has 4 N–H and O–H groups in total. The fourth-order valence-corrected chi connectivity index (χ4v) is 2.29. The molecule has 0 aromatic heterocycles. The Morgan fingerprint density at radius 1 is 1.22 bits per heavy atom. The Hall–Kier alpha value is -1.10. The highest BCUT2D eigenvalue weighted by molar-refractivity contribution is 5.82. The number of hydrogen-bond acceptors (Lipinski definition) is 3. The Kier molecular flexibility index (Phi) is 5.59. The van der Waals surface area contributed by atoms with Gasteiger partial charge in [0.05, 0.1) is 6.04 Å². The van der Waals surface area contributed by atoms with E-state index in [4.69, 9.17) is 5.73 Å². The van der Waals surface area contributed by atoms with Gasteiger partial charge in [0.1, 0.15) is 0 Å². The van der Waals surface area contributed by atoms with Crippen LogP contribution in [0.4, 0.5) is 0 Å². The van der Waals surface area contributed by atoms with Crippen molar-refractivity contribution in [3.63, 3.8) is 0 Å². The van der Waals surface area contributed by atoms with Gasteiger partial charge in [-0.15, -0.1) is 0 Å². The maximum Gasteiger partial charge on any atom is 0.236 e. The van der Waals surface area contributed by atoms with Gasteiger partial charge in [-0.05, 0) is 40.0 Å². The lowest BCUT2D eigenvalue weighted by Gasteiger charge is -2.30. The van der Waals surface area contributed by atoms with E-state index in [-0.39, 0.29) is 29.8 Å². The molecular formula is C13H25N3O2. The molecule has 0 bridgehead atoms. The Labute approximate surface area is 109 Å². The van der Waals surface area contributed by atoms with Crippen LogP contribution in [0, 0.1) is 5.92 Å². The van der Waals surface area contributed by atoms with Crippen molar-refractivity contribution in [2.75, 3.05) is 0 Å². The molecule has 1 aliphatic rings. The smallest absolute Gasteiger partial charge is 0.236 e. The Morgan fingerprint density at radius 2 is 1.89 bits per heavy atom. The number of rotatable bonds is 4. The molecule has 1 rings (SSSR count). The molecule has 0 saturated heterocycles. The third-order valence-electron chi connectivity index (χ3n) is 3.24. The summed E-state index contributed by atoms with van der Waals surface area (Å²) in [7, 11) is 0. The van der Waals surface area contributed by atoms with E-state index in [2.05, 4.69) is 10.6 Å². The van der Waals surface area contributed by atoms with E-state index < -0.39 is 6.04 Å². The molecule has 5 nitrogen and oxygen atoms in total. The number of carbonyl (C=O) groups is 2. The van der Waals surface area contributed by atoms with E-state index in [1.165, 1.54) is 0 Å². The van der Waals surface area contributed by atoms with Crippen LogP contribution in [0.25, 0.3) is 0 Å². The quantitative estimate of drug-likeness (QED) is 0.685. The van der Waals surface area contributed by atoms with Gasteiger partial charge in [0, 0.05) is 18.0 Å². The standard InChI is InChI=1S/C13H25N3O2/c1-8(2)15-13(18)10-5-4-6-11(7-10)16-12(17)9(3)14/h8-11H,4-7,14H2,1-3H3,(H,15,18)(H,16,17)/t9-,10?,11?/m1/s1. The van der Waals surface area contributed by atoms with Crippen molar-refractivity contribution in [3.8, 4) is 0 Å². The molecule has 0 aromatic carbocycles. The van der Waals surface area contributed by atoms with E-state index in [0.29, 0.717) is 0 Å². The highest BCUT2D eigenvalue weighted by Crippen LogP contribution is 2.24. The van der Waals surface area contributed by atoms with E-state index >= 15 is 0 Å². The highest BCUT2D eigenvalue weighted by Gasteiger charge is 2.28. The van der Waals surface area contributed by atoms with Crippen LogP contribution in [-0.2, 0) is 9.59 Å². The molecule has 0 heterocycles. The van der Waals surface area contributed by atoms with E-state index in [0.717, 1.165) is 25.7 Å². The summed E-state index contributed by atoms with van der Waals surface area (Å²) in [5.74, 6) is -0.0193. The number of carbonyl (C=O) groups excluding carboxylic acids is 2. The van der Waals surface area contributed by atoms with Crippen LogP contribution in [0.3, 0.4) is 0 Å². The number of amides is 2. The zero-order valence-electron chi connectivity index (χ0n) is 11.5. The first kappa shape index (κ1) is 15.0. The molecular weight excluding hydrogens is 230 g/mol. The minimum atomic E-state index is -0.491. The van der Waals surface area contributed by atoms with Gasteiger partial charge in [0.25, 0.3) is 0 Å². The Morgan fingerprint density at radius 3 is 2.44 bits per heavy atom. The summed E-state index contributed by atoms with van der Waals surface area (Å²) in [6, 6.07) is -0.244. The van der Waals surface area contributed by atoms with Crippen molar-refractivity contribution >= 4 is 11.8 Å². The van der Waals surface area contributed by atoms with Gasteiger partial charge in [-0.2, -0.15) is 0 Å². The predicted molar refractivity (Wildman–Crippen MR) is 70.8 cm³/mol. The van der Waals surface area contributed by atoms with Gasteiger partial charge < -0.3 is 16.4 Å². The van der Waals surface area contributed by atoms with Crippen LogP contribution >= 0.6 is 0 Å². The van der Waals surface area contributed by atoms with E-state index in [1.54, 1.807) is 6.92 Å². The minimum absolute atomic E-state index is 0.0135. The summed E-state index contributed by atoms with van der Waals surface area (Å²) in [4.78, 5) is 23.5. The van der Waals surface area contributed by atoms with Crippen molar-refractivity contribution in [2.24, 2.45) is 11.7 Å². The molecule has 1 aliphatic carbocycles. The molecule has 0 aromatic rings. The summed E-state index contributed by atoms with van der Waals surface area (Å²) in [6.45, 7) is 5.58. The van der Waals surface area contributed by atoms with Gasteiger partial charge in [-0.25, -0.2) is 0 Å². The fourth-order valence-electron chi connectivity index (χ4n) is 2.29. The lowest BCUT2D eigenvalue weighted by molar-refractivity contribution is -0.128. The van der Waals surface area contributed by atoms with Crippen LogP contribution < -0.4 is 16.4 Å². The van der Waals surface area contributed by atoms with Crippen LogP contribution in [0.5, 0.6) is 0 Å². The SMILES string of the molecule is CC(C)NC(=O)C1CCCC(NC(=O)[C@@H](C)N)C1. The third-order valence-corrected chi connectivity index (χ3v) is 3.24. The second-order valence-electron chi connectivity index (χ2n) is 5.52. The molecule has 18 heavy (non-hydrogen) atoms. The first-order chi connectivity index (χ1) is 8.40. The predicted octanol–water partition coefficient (Wildman–Crippen LogP) is 0.533. The summed E-state index contributed by atoms with van der Waals surface area (Å²) < 4.78 is 0. The largest absolute Gasteiger partial charge is 0.354 e. The number of nitrogens with one attached hydrogen (secondary N) is 2. The first-order valence-electron chi connectivity index (χ1n) is 6.76. The molecule has 3 atom stereocenters. The summed E-state index contributed by atoms with van der Waals surface area (Å²) >= 11 is 0. The van der Waals surface area contributed by atoms with Crippen molar-refractivity contribution in [2.45, 2.75) is 64.6 Å². The summed E-state index contributed by atoms with van der Waals surface area (Å²) in [6.07, 6.45) is 3.53. The van der Waals surface area contributed by atoms with Crippen molar-refractivity contribution in [3.05, 3.63) is 0 Å². The van der Waals surface area contributed by atoms with Gasteiger partial charge in [0.2, 0.25) is 11.8 Å². The van der Waals surface area contributed by atoms with Crippen LogP contribution in [0.1, 0.15) is 46.5 Å². The first-order valence-corrected chi connectivity index (χ1v) is 6.76. The van der Waals surface area contributed by atoms with Crippen LogP contribution in [0.15, 0.2) is 0 Å². The van der Waals surface area contributed by atoms with Crippen molar-refractivity contribution < 1.29 is 9.59 Å². The molecule has 0 spiro atoms. The van der Waals surface area contributed by atoms with E-state index in [1.807, 2.05) is 13.8 Å². The summed E-state index contributed by atoms with van der Waals surface area (Å²) in [5.41, 5.74) is 5.52. The van der Waals surface area contributed by atoms with Gasteiger partial charge in [-0.3, -0.25) is 9.59 Å². The zero-order chi connectivity index (χ0) is 13.7. The average Bonchev–Trinajstić information content (AvgIpc) is 2.28. The average molecular weight is 255 g/mol. The molecule has 104 valence electrons. The molecule has 1 saturated carbocycles. The van der Waals surface area contributed by atoms with Crippen LogP contribution in [0.2, 0.25) is 0 Å². The molecule has 0 radical (unpaired) electrons. The summed E-state index contributed by atoms with van der Waals surface area (Å²) in [5, 5.41) is 5.85. The Balaban J connectivity index is 2.45. The lowest BCUT2D eigenvalue weighted by Crippen LogP contribution is -2.47. The monoisotopic (exact) mass is 255 g/mol. The van der Waals surface area contributed by atoms with E-state index in [9.17, 15) is 9.59 Å². The maximum atomic E-state index is 11.9. The number of hydrogen-bond donors (Lipinski definition) is 3. The molecule has 2 unspecified atom stereocenters. The lowest BCUT2D eigenvalue weighted by atomic mass is 9.85. The minimum Gasteiger partial charge on any atom is -0.354 e. The highest BCUT2D eigenvalue weighted by atomic mass is 16.2. The third kappa shape index (κ3) is 4.64. The van der Waals surface area contributed by atoms with Crippen molar-refractivity contribution in [1.82, 2.24) is 10.6 Å². The van der Waals surface area contributed by atoms with Gasteiger partial charge >= 0.3 is 0 Å². The number of nitrogens with two attached hydrogens (primary N) is 1. The Bertz CT molecular complexity index is 303. The zero-order valence-corrected chi connectivity index (χ0v) is 11.5. The molecule has 2 amide bonds. The van der Waals surface area contributed by atoms with Gasteiger partial charge in [-0.1, -0.05) is 6.42 Å². The van der Waals surface area contributed by atoms with Crippen LogP contribution in [-0.4, -0.2) is 29.9 Å². The molecule has 5 heteroatoms. The maximum absolute atomic E-state index is 11.9. The van der Waals surface area contributed by atoms with Gasteiger partial charge in [0.15, 0.2) is 0 Å². The fraction of sp³-hybridized carbons (Fsp3) is 0.846. The molecule has 0 aliphatic heterocycles. The van der Waals surface area contributed by atoms with Crippen molar-refractivity contribution in [1.29, 1.82) is 0 Å². The topological polar surface area (TPSA) is 84.2 Å². The normalized spacial score (nSPS) is 25.6.